The van der Waals surface area contributed by atoms with Gasteiger partial charge in [-0.25, -0.2) is 4.39 Å². The second kappa shape index (κ2) is 9.30. The minimum atomic E-state index is -0.421. The van der Waals surface area contributed by atoms with Gasteiger partial charge >= 0.3 is 0 Å². The maximum atomic E-state index is 14.0. The number of hydrogen-bond acceptors (Lipinski definition) is 5. The fourth-order valence-corrected chi connectivity index (χ4v) is 4.20. The first-order valence-corrected chi connectivity index (χ1v) is 10.6. The van der Waals surface area contributed by atoms with Gasteiger partial charge in [0.05, 0.1) is 12.3 Å². The first-order valence-electron chi connectivity index (χ1n) is 10.6. The average molecular weight is 436 g/mol. The first-order chi connectivity index (χ1) is 15.4. The van der Waals surface area contributed by atoms with Crippen molar-refractivity contribution < 1.29 is 18.5 Å². The molecule has 8 heteroatoms. The number of hydrogen-bond donors (Lipinski definition) is 1. The molecule has 1 aliphatic carbocycles. The lowest BCUT2D eigenvalue weighted by Gasteiger charge is -2.18. The van der Waals surface area contributed by atoms with E-state index >= 15 is 0 Å². The molecule has 32 heavy (non-hydrogen) atoms. The highest BCUT2D eigenvalue weighted by Gasteiger charge is 2.42. The molecule has 3 aromatic rings. The summed E-state index contributed by atoms with van der Waals surface area (Å²) in [6.07, 6.45) is 0.854. The molecular weight excluding hydrogens is 411 g/mol. The maximum Gasteiger partial charge on any atom is 0.232 e. The van der Waals surface area contributed by atoms with Crippen LogP contribution in [0.4, 0.5) is 4.39 Å². The SMILES string of the molecule is CN(C)C(=O)[C@H]1C[C@H](NC(=O)Cc2ccccc2F)[C@H](c2nc(-c3ccccc3)no2)C1. The van der Waals surface area contributed by atoms with Crippen molar-refractivity contribution in [3.8, 4) is 11.4 Å². The second-order valence-electron chi connectivity index (χ2n) is 8.27. The Morgan fingerprint density at radius 2 is 1.81 bits per heavy atom. The predicted octanol–water partition coefficient (Wildman–Crippen LogP) is 3.19. The van der Waals surface area contributed by atoms with Crippen LogP contribution in [0.25, 0.3) is 11.4 Å². The van der Waals surface area contributed by atoms with Gasteiger partial charge in [-0.3, -0.25) is 9.59 Å². The van der Waals surface area contributed by atoms with Crippen LogP contribution in [0.3, 0.4) is 0 Å². The Balaban J connectivity index is 1.54. The van der Waals surface area contributed by atoms with Crippen molar-refractivity contribution >= 4 is 11.8 Å². The van der Waals surface area contributed by atoms with Gasteiger partial charge in [-0.05, 0) is 24.5 Å². The van der Waals surface area contributed by atoms with Gasteiger partial charge < -0.3 is 14.7 Å². The van der Waals surface area contributed by atoms with E-state index in [9.17, 15) is 14.0 Å². The molecule has 7 nitrogen and oxygen atoms in total. The Hall–Kier alpha value is -3.55. The minimum absolute atomic E-state index is 0.0105. The fourth-order valence-electron chi connectivity index (χ4n) is 4.20. The van der Waals surface area contributed by atoms with E-state index in [1.807, 2.05) is 30.3 Å². The summed E-state index contributed by atoms with van der Waals surface area (Å²) in [6.45, 7) is 0. The predicted molar refractivity (Wildman–Crippen MR) is 116 cm³/mol. The number of rotatable bonds is 6. The summed E-state index contributed by atoms with van der Waals surface area (Å²) in [5.41, 5.74) is 1.14. The zero-order chi connectivity index (χ0) is 22.7. The quantitative estimate of drug-likeness (QED) is 0.641. The fraction of sp³-hybridized carbons (Fsp3) is 0.333. The molecule has 2 amide bonds. The van der Waals surface area contributed by atoms with Crippen LogP contribution in [0.15, 0.2) is 59.1 Å². The van der Waals surface area contributed by atoms with Crippen molar-refractivity contribution in [2.24, 2.45) is 5.92 Å². The van der Waals surface area contributed by atoms with Crippen LogP contribution in [-0.4, -0.2) is 47.0 Å². The number of carbonyl (C=O) groups is 2. The smallest absolute Gasteiger partial charge is 0.232 e. The normalized spacial score (nSPS) is 20.2. The number of nitrogens with zero attached hydrogens (tertiary/aromatic N) is 3. The number of halogens is 1. The zero-order valence-electron chi connectivity index (χ0n) is 18.0. The molecule has 1 N–H and O–H groups in total. The molecule has 1 fully saturated rings. The van der Waals surface area contributed by atoms with E-state index < -0.39 is 5.82 Å². The summed E-state index contributed by atoms with van der Waals surface area (Å²) >= 11 is 0. The van der Waals surface area contributed by atoms with Gasteiger partial charge in [0.2, 0.25) is 23.5 Å². The van der Waals surface area contributed by atoms with E-state index in [1.165, 1.54) is 6.07 Å². The molecule has 166 valence electrons. The van der Waals surface area contributed by atoms with Crippen molar-refractivity contribution in [3.05, 3.63) is 71.9 Å². The van der Waals surface area contributed by atoms with E-state index in [0.29, 0.717) is 30.1 Å². The third-order valence-corrected chi connectivity index (χ3v) is 5.80. The van der Waals surface area contributed by atoms with Crippen LogP contribution in [0.2, 0.25) is 0 Å². The Kier molecular flexibility index (Phi) is 6.30. The molecule has 0 radical (unpaired) electrons. The van der Waals surface area contributed by atoms with E-state index in [0.717, 1.165) is 5.56 Å². The summed E-state index contributed by atoms with van der Waals surface area (Å²) in [6, 6.07) is 15.3. The summed E-state index contributed by atoms with van der Waals surface area (Å²) < 4.78 is 19.5. The van der Waals surface area contributed by atoms with Crippen LogP contribution < -0.4 is 5.32 Å². The molecule has 2 aromatic carbocycles. The zero-order valence-corrected chi connectivity index (χ0v) is 18.0. The largest absolute Gasteiger partial charge is 0.352 e. The lowest BCUT2D eigenvalue weighted by Crippen LogP contribution is -2.38. The van der Waals surface area contributed by atoms with E-state index in [-0.39, 0.29) is 36.1 Å². The van der Waals surface area contributed by atoms with Crippen LogP contribution in [0.1, 0.15) is 30.2 Å². The van der Waals surface area contributed by atoms with Crippen LogP contribution in [0.5, 0.6) is 0 Å². The number of carbonyl (C=O) groups excluding carboxylic acids is 2. The van der Waals surface area contributed by atoms with Gasteiger partial charge in [0.25, 0.3) is 0 Å². The molecule has 0 saturated heterocycles. The van der Waals surface area contributed by atoms with Crippen molar-refractivity contribution in [3.63, 3.8) is 0 Å². The van der Waals surface area contributed by atoms with Crippen LogP contribution >= 0.6 is 0 Å². The van der Waals surface area contributed by atoms with Gasteiger partial charge in [-0.15, -0.1) is 0 Å². The van der Waals surface area contributed by atoms with Crippen LogP contribution in [0, 0.1) is 11.7 Å². The number of nitrogens with one attached hydrogen (secondary N) is 1. The third kappa shape index (κ3) is 4.69. The lowest BCUT2D eigenvalue weighted by molar-refractivity contribution is -0.133. The molecule has 1 aliphatic rings. The summed E-state index contributed by atoms with van der Waals surface area (Å²) in [5, 5.41) is 7.06. The molecule has 1 saturated carbocycles. The maximum absolute atomic E-state index is 14.0. The van der Waals surface area contributed by atoms with Gasteiger partial charge in [-0.2, -0.15) is 4.98 Å². The Morgan fingerprint density at radius 1 is 1.09 bits per heavy atom. The monoisotopic (exact) mass is 436 g/mol. The highest BCUT2D eigenvalue weighted by molar-refractivity contribution is 5.81. The minimum Gasteiger partial charge on any atom is -0.352 e. The third-order valence-electron chi connectivity index (χ3n) is 5.80. The molecule has 0 unspecified atom stereocenters. The second-order valence-corrected chi connectivity index (χ2v) is 8.27. The molecule has 4 rings (SSSR count). The van der Waals surface area contributed by atoms with Gasteiger partial charge in [0, 0.05) is 31.6 Å². The standard InChI is InChI=1S/C24H25FN4O3/c1-29(2)24(31)17-12-18(23-27-22(28-32-23)15-8-4-3-5-9-15)20(13-17)26-21(30)14-16-10-6-7-11-19(16)25/h3-11,17-18,20H,12-14H2,1-2H3,(H,26,30)/t17-,18-,20+/m1/s1. The molecule has 1 aromatic heterocycles. The summed E-state index contributed by atoms with van der Waals surface area (Å²) in [4.78, 5) is 31.4. The number of amides is 2. The van der Waals surface area contributed by atoms with Crippen molar-refractivity contribution in [1.82, 2.24) is 20.4 Å². The highest BCUT2D eigenvalue weighted by atomic mass is 19.1. The summed E-state index contributed by atoms with van der Waals surface area (Å²) in [5.74, 6) is -0.488. The van der Waals surface area contributed by atoms with Crippen molar-refractivity contribution in [1.29, 1.82) is 0 Å². The lowest BCUT2D eigenvalue weighted by atomic mass is 10.0. The van der Waals surface area contributed by atoms with Crippen LogP contribution in [-0.2, 0) is 16.0 Å². The topological polar surface area (TPSA) is 88.3 Å². The molecule has 0 bridgehead atoms. The molecule has 3 atom stereocenters. The Labute approximate surface area is 185 Å². The summed E-state index contributed by atoms with van der Waals surface area (Å²) in [7, 11) is 3.42. The van der Waals surface area contributed by atoms with E-state index in [2.05, 4.69) is 15.5 Å². The Bertz CT molecular complexity index is 1100. The Morgan fingerprint density at radius 3 is 2.53 bits per heavy atom. The van der Waals surface area contributed by atoms with Gasteiger partial charge in [-0.1, -0.05) is 53.7 Å². The van der Waals surface area contributed by atoms with Crippen molar-refractivity contribution in [2.75, 3.05) is 14.1 Å². The van der Waals surface area contributed by atoms with Crippen molar-refractivity contribution in [2.45, 2.75) is 31.2 Å². The highest BCUT2D eigenvalue weighted by Crippen LogP contribution is 2.39. The molecule has 0 spiro atoms. The van der Waals surface area contributed by atoms with Gasteiger partial charge in [0.15, 0.2) is 0 Å². The molecule has 1 heterocycles. The number of benzene rings is 2. The average Bonchev–Trinajstić information content (AvgIpc) is 3.43. The number of aromatic nitrogens is 2. The molecule has 0 aliphatic heterocycles. The van der Waals surface area contributed by atoms with E-state index in [1.54, 1.807) is 37.2 Å². The van der Waals surface area contributed by atoms with Gasteiger partial charge in [0.1, 0.15) is 5.82 Å². The van der Waals surface area contributed by atoms with E-state index in [4.69, 9.17) is 4.52 Å². The molecular formula is C24H25FN4O3. The first kappa shape index (κ1) is 21.7.